The third-order valence-electron chi connectivity index (χ3n) is 5.62. The monoisotopic (exact) mass is 395 g/mol. The van der Waals surface area contributed by atoms with Gasteiger partial charge in [-0.15, -0.1) is 0 Å². The summed E-state index contributed by atoms with van der Waals surface area (Å²) in [5, 5.41) is 9.01. The number of benzene rings is 2. The van der Waals surface area contributed by atoms with E-state index < -0.39 is 11.8 Å². The fraction of sp³-hybridized carbons (Fsp3) is 0.304. The second kappa shape index (κ2) is 8.07. The predicted molar refractivity (Wildman–Crippen MR) is 106 cm³/mol. The van der Waals surface area contributed by atoms with Crippen molar-refractivity contribution in [2.45, 2.75) is 44.4 Å². The van der Waals surface area contributed by atoms with Crippen LogP contribution in [0.4, 0.5) is 9.18 Å². The second-order valence-electron chi connectivity index (χ2n) is 7.50. The van der Waals surface area contributed by atoms with Crippen molar-refractivity contribution in [1.82, 2.24) is 4.90 Å². The Bertz CT molecular complexity index is 957. The highest BCUT2D eigenvalue weighted by atomic mass is 19.1. The molecule has 2 aliphatic rings. The molecule has 0 aliphatic carbocycles. The largest absolute Gasteiger partial charge is 0.478 e. The average molecular weight is 395 g/mol. The molecule has 0 radical (unpaired) electrons. The van der Waals surface area contributed by atoms with E-state index in [9.17, 15) is 14.0 Å². The first-order valence-corrected chi connectivity index (χ1v) is 9.76. The minimum Gasteiger partial charge on any atom is -0.478 e. The van der Waals surface area contributed by atoms with Gasteiger partial charge < -0.3 is 9.84 Å². The number of amides is 1. The van der Waals surface area contributed by atoms with Crippen molar-refractivity contribution in [2.75, 3.05) is 0 Å². The van der Waals surface area contributed by atoms with E-state index in [0.717, 1.165) is 30.4 Å². The lowest BCUT2D eigenvalue weighted by atomic mass is 9.83. The smallest absolute Gasteiger partial charge is 0.410 e. The summed E-state index contributed by atoms with van der Waals surface area (Å²) in [6.07, 6.45) is 4.98. The quantitative estimate of drug-likeness (QED) is 0.802. The van der Waals surface area contributed by atoms with Gasteiger partial charge in [0.2, 0.25) is 0 Å². The molecule has 6 heteroatoms. The normalized spacial score (nSPS) is 20.7. The maximum Gasteiger partial charge on any atom is 0.410 e. The summed E-state index contributed by atoms with van der Waals surface area (Å²) in [7, 11) is 0. The van der Waals surface area contributed by atoms with Crippen LogP contribution in [0, 0.1) is 5.82 Å². The maximum atomic E-state index is 14.1. The van der Waals surface area contributed by atoms with E-state index >= 15 is 0 Å². The van der Waals surface area contributed by atoms with Crippen LogP contribution in [0.2, 0.25) is 0 Å². The van der Waals surface area contributed by atoms with Gasteiger partial charge in [-0.25, -0.2) is 14.0 Å². The van der Waals surface area contributed by atoms with Gasteiger partial charge in [0.05, 0.1) is 11.6 Å². The molecule has 1 fully saturated rings. The highest BCUT2D eigenvalue weighted by Gasteiger charge is 2.38. The molecule has 2 atom stereocenters. The molecular formula is C23H22FNO4. The zero-order valence-corrected chi connectivity index (χ0v) is 15.9. The van der Waals surface area contributed by atoms with Crippen LogP contribution in [0.1, 0.15) is 47.2 Å². The van der Waals surface area contributed by atoms with Crippen molar-refractivity contribution in [2.24, 2.45) is 0 Å². The molecule has 150 valence electrons. The number of fused-ring (bicyclic) bond motifs is 2. The minimum absolute atomic E-state index is 0.000708. The van der Waals surface area contributed by atoms with E-state index in [1.165, 1.54) is 12.1 Å². The summed E-state index contributed by atoms with van der Waals surface area (Å²) >= 11 is 0. The van der Waals surface area contributed by atoms with E-state index in [-0.39, 0.29) is 30.3 Å². The molecule has 0 aromatic heterocycles. The summed E-state index contributed by atoms with van der Waals surface area (Å²) in [6, 6.07) is 13.7. The van der Waals surface area contributed by atoms with Crippen LogP contribution < -0.4 is 0 Å². The highest BCUT2D eigenvalue weighted by Crippen LogP contribution is 2.37. The molecule has 2 aliphatic heterocycles. The second-order valence-corrected chi connectivity index (χ2v) is 7.50. The Morgan fingerprint density at radius 3 is 2.62 bits per heavy atom. The van der Waals surface area contributed by atoms with Crippen molar-refractivity contribution >= 4 is 17.6 Å². The lowest BCUT2D eigenvalue weighted by Crippen LogP contribution is -2.51. The van der Waals surface area contributed by atoms with Gasteiger partial charge in [0.25, 0.3) is 0 Å². The molecule has 2 unspecified atom stereocenters. The number of carboxylic acid groups (broad SMARTS) is 1. The zero-order valence-electron chi connectivity index (χ0n) is 15.9. The molecule has 1 N–H and O–H groups in total. The highest BCUT2D eigenvalue weighted by molar-refractivity contribution is 5.88. The number of aromatic carboxylic acids is 1. The van der Waals surface area contributed by atoms with Gasteiger partial charge in [-0.2, -0.15) is 0 Å². The Morgan fingerprint density at radius 1 is 1.14 bits per heavy atom. The van der Waals surface area contributed by atoms with Gasteiger partial charge >= 0.3 is 12.1 Å². The number of piperidine rings is 1. The summed E-state index contributed by atoms with van der Waals surface area (Å²) in [6.45, 7) is 0.230. The number of carbonyl (C=O) groups is 2. The van der Waals surface area contributed by atoms with Crippen molar-refractivity contribution in [3.63, 3.8) is 0 Å². The van der Waals surface area contributed by atoms with E-state index in [1.54, 1.807) is 11.0 Å². The molecule has 2 aromatic carbocycles. The first kappa shape index (κ1) is 19.2. The van der Waals surface area contributed by atoms with Crippen LogP contribution in [-0.2, 0) is 11.3 Å². The number of hydrogen-bond donors (Lipinski definition) is 1. The summed E-state index contributed by atoms with van der Waals surface area (Å²) < 4.78 is 19.7. The molecule has 29 heavy (non-hydrogen) atoms. The molecule has 4 rings (SSSR count). The Kier molecular flexibility index (Phi) is 5.34. The van der Waals surface area contributed by atoms with Gasteiger partial charge in [0.15, 0.2) is 0 Å². The summed E-state index contributed by atoms with van der Waals surface area (Å²) in [4.78, 5) is 25.6. The lowest BCUT2D eigenvalue weighted by Gasteiger charge is -2.44. The van der Waals surface area contributed by atoms with E-state index in [0.29, 0.717) is 12.0 Å². The van der Waals surface area contributed by atoms with Gasteiger partial charge in [0.1, 0.15) is 12.4 Å². The maximum absolute atomic E-state index is 14.1. The third kappa shape index (κ3) is 4.01. The van der Waals surface area contributed by atoms with Crippen LogP contribution in [-0.4, -0.2) is 34.2 Å². The van der Waals surface area contributed by atoms with Crippen molar-refractivity contribution < 1.29 is 23.8 Å². The third-order valence-corrected chi connectivity index (χ3v) is 5.62. The van der Waals surface area contributed by atoms with Crippen molar-refractivity contribution in [1.29, 1.82) is 0 Å². The molecule has 1 amide bonds. The van der Waals surface area contributed by atoms with Crippen LogP contribution in [0.3, 0.4) is 0 Å². The van der Waals surface area contributed by atoms with Crippen molar-refractivity contribution in [3.05, 3.63) is 77.1 Å². The van der Waals surface area contributed by atoms with Crippen molar-refractivity contribution in [3.8, 4) is 0 Å². The number of rotatable bonds is 4. The zero-order chi connectivity index (χ0) is 20.4. The number of hydrogen-bond acceptors (Lipinski definition) is 3. The molecule has 2 aromatic rings. The van der Waals surface area contributed by atoms with Crippen LogP contribution >= 0.6 is 0 Å². The van der Waals surface area contributed by atoms with Gasteiger partial charge in [-0.3, -0.25) is 4.90 Å². The fourth-order valence-corrected chi connectivity index (χ4v) is 4.21. The Hall–Kier alpha value is -3.15. The van der Waals surface area contributed by atoms with Gasteiger partial charge in [-0.1, -0.05) is 42.5 Å². The molecule has 2 bridgehead atoms. The minimum atomic E-state index is -1.28. The molecule has 0 spiro atoms. The van der Waals surface area contributed by atoms with Crippen LogP contribution in [0.25, 0.3) is 5.57 Å². The number of carbonyl (C=O) groups excluding carboxylic acids is 1. The SMILES string of the molecule is O=C(O)c1ccc(C2=CC3CCCC(C2)N3C(=O)OCc2ccccc2)cc1F. The van der Waals surface area contributed by atoms with E-state index in [1.807, 2.05) is 36.4 Å². The number of halogens is 1. The Labute approximate surface area is 168 Å². The number of ether oxygens (including phenoxy) is 1. The Morgan fingerprint density at radius 2 is 1.93 bits per heavy atom. The first-order valence-electron chi connectivity index (χ1n) is 9.76. The van der Waals surface area contributed by atoms with E-state index in [2.05, 4.69) is 0 Å². The molecule has 5 nitrogen and oxygen atoms in total. The topological polar surface area (TPSA) is 66.8 Å². The molecule has 1 saturated heterocycles. The summed E-state index contributed by atoms with van der Waals surface area (Å²) in [5.41, 5.74) is 2.22. The van der Waals surface area contributed by atoms with E-state index in [4.69, 9.17) is 9.84 Å². The predicted octanol–water partition coefficient (Wildman–Crippen LogP) is 4.87. The molecular weight excluding hydrogens is 373 g/mol. The van der Waals surface area contributed by atoms with Crippen LogP contribution in [0.15, 0.2) is 54.6 Å². The van der Waals surface area contributed by atoms with Gasteiger partial charge in [0, 0.05) is 6.04 Å². The number of carboxylic acids is 1. The summed E-state index contributed by atoms with van der Waals surface area (Å²) in [5.74, 6) is -2.03. The lowest BCUT2D eigenvalue weighted by molar-refractivity contribution is 0.0509. The first-order chi connectivity index (χ1) is 14.0. The average Bonchev–Trinajstić information content (AvgIpc) is 2.71. The van der Waals surface area contributed by atoms with Gasteiger partial charge in [-0.05, 0) is 54.5 Å². The standard InChI is InChI=1S/C23H22FNO4/c24-21-13-16(9-10-20(21)22(26)27)17-11-18-7-4-8-19(12-17)25(18)23(28)29-14-15-5-2-1-3-6-15/h1-3,5-6,9-11,13,18-19H,4,7-8,12,14H2,(H,26,27). The van der Waals surface area contributed by atoms with Crippen LogP contribution in [0.5, 0.6) is 0 Å². The Balaban J connectivity index is 1.52. The number of nitrogens with zero attached hydrogens (tertiary/aromatic N) is 1. The fourth-order valence-electron chi connectivity index (χ4n) is 4.21. The molecule has 0 saturated carbocycles. The molecule has 2 heterocycles.